The van der Waals surface area contributed by atoms with E-state index in [0.717, 1.165) is 31.6 Å². The van der Waals surface area contributed by atoms with Gasteiger partial charge in [0.1, 0.15) is 0 Å². The molecule has 0 spiro atoms. The summed E-state index contributed by atoms with van der Waals surface area (Å²) in [4.78, 5) is 16.5. The molecule has 0 unspecified atom stereocenters. The topological polar surface area (TPSA) is 23.6 Å². The van der Waals surface area contributed by atoms with Crippen LogP contribution in [0, 0.1) is 0 Å². The van der Waals surface area contributed by atoms with E-state index in [4.69, 9.17) is 0 Å². The number of benzene rings is 1. The molecule has 3 rings (SSSR count). The van der Waals surface area contributed by atoms with Crippen molar-refractivity contribution in [2.75, 3.05) is 26.2 Å². The van der Waals surface area contributed by atoms with Crippen LogP contribution in [-0.2, 0) is 6.18 Å². The number of rotatable bonds is 2. The van der Waals surface area contributed by atoms with Crippen molar-refractivity contribution in [1.82, 2.24) is 9.80 Å². The lowest BCUT2D eigenvalue weighted by Gasteiger charge is -2.22. The summed E-state index contributed by atoms with van der Waals surface area (Å²) in [7, 11) is 0. The zero-order valence-corrected chi connectivity index (χ0v) is 12.3. The van der Waals surface area contributed by atoms with Gasteiger partial charge in [0.2, 0.25) is 0 Å². The second-order valence-electron chi connectivity index (χ2n) is 5.99. The van der Waals surface area contributed by atoms with Gasteiger partial charge in [-0.05, 0) is 37.5 Å². The van der Waals surface area contributed by atoms with Crippen LogP contribution in [0.1, 0.15) is 35.2 Å². The van der Waals surface area contributed by atoms with Crippen LogP contribution < -0.4 is 0 Å². The Bertz CT molecular complexity index is 555. The Morgan fingerprint density at radius 1 is 1.09 bits per heavy atom. The summed E-state index contributed by atoms with van der Waals surface area (Å²) >= 11 is 0. The summed E-state index contributed by atoms with van der Waals surface area (Å²) in [6, 6.07) is 5.36. The second kappa shape index (κ2) is 5.91. The van der Waals surface area contributed by atoms with E-state index in [0.29, 0.717) is 19.1 Å². The molecule has 6 heteroatoms. The van der Waals surface area contributed by atoms with Crippen LogP contribution in [-0.4, -0.2) is 47.9 Å². The molecule has 2 aliphatic rings. The van der Waals surface area contributed by atoms with Crippen molar-refractivity contribution < 1.29 is 18.0 Å². The number of carbonyl (C=O) groups excluding carboxylic acids is 1. The van der Waals surface area contributed by atoms with E-state index in [1.165, 1.54) is 25.0 Å². The minimum atomic E-state index is -4.42. The number of alkyl halides is 3. The Balaban J connectivity index is 1.70. The van der Waals surface area contributed by atoms with Gasteiger partial charge in [-0.25, -0.2) is 0 Å². The molecule has 0 aromatic heterocycles. The lowest BCUT2D eigenvalue weighted by molar-refractivity contribution is -0.137. The molecule has 0 N–H and O–H groups in total. The zero-order chi connectivity index (χ0) is 15.7. The fourth-order valence-electron chi connectivity index (χ4n) is 2.96. The molecule has 1 aromatic rings. The first-order chi connectivity index (χ1) is 10.4. The van der Waals surface area contributed by atoms with Crippen molar-refractivity contribution in [3.8, 4) is 0 Å². The van der Waals surface area contributed by atoms with E-state index < -0.39 is 11.7 Å². The summed E-state index contributed by atoms with van der Waals surface area (Å²) in [5, 5.41) is 0. The van der Waals surface area contributed by atoms with Crippen LogP contribution in [0.3, 0.4) is 0 Å². The first-order valence-electron chi connectivity index (χ1n) is 7.66. The summed E-state index contributed by atoms with van der Waals surface area (Å²) in [5.74, 6) is -0.302. The number of nitrogens with zero attached hydrogens (tertiary/aromatic N) is 2. The van der Waals surface area contributed by atoms with Gasteiger partial charge in [0.25, 0.3) is 5.91 Å². The van der Waals surface area contributed by atoms with Gasteiger partial charge in [0.05, 0.1) is 5.56 Å². The zero-order valence-electron chi connectivity index (χ0n) is 12.3. The van der Waals surface area contributed by atoms with Gasteiger partial charge in [-0.1, -0.05) is 6.07 Å². The van der Waals surface area contributed by atoms with E-state index in [-0.39, 0.29) is 11.5 Å². The minimum absolute atomic E-state index is 0.120. The Morgan fingerprint density at radius 3 is 2.55 bits per heavy atom. The average Bonchev–Trinajstić information content (AvgIpc) is 3.31. The van der Waals surface area contributed by atoms with E-state index >= 15 is 0 Å². The van der Waals surface area contributed by atoms with Crippen molar-refractivity contribution in [2.24, 2.45) is 0 Å². The fraction of sp³-hybridized carbons (Fsp3) is 0.562. The summed E-state index contributed by atoms with van der Waals surface area (Å²) in [6.45, 7) is 2.98. The van der Waals surface area contributed by atoms with Crippen molar-refractivity contribution in [2.45, 2.75) is 31.5 Å². The normalized spacial score (nSPS) is 20.8. The van der Waals surface area contributed by atoms with E-state index in [9.17, 15) is 18.0 Å². The lowest BCUT2D eigenvalue weighted by Crippen LogP contribution is -2.35. The van der Waals surface area contributed by atoms with Gasteiger partial charge < -0.3 is 4.90 Å². The molecule has 0 radical (unpaired) electrons. The van der Waals surface area contributed by atoms with E-state index in [2.05, 4.69) is 4.90 Å². The predicted molar refractivity (Wildman–Crippen MR) is 76.6 cm³/mol. The van der Waals surface area contributed by atoms with Gasteiger partial charge >= 0.3 is 6.18 Å². The molecule has 1 heterocycles. The first-order valence-corrected chi connectivity index (χ1v) is 7.66. The molecule has 2 fully saturated rings. The van der Waals surface area contributed by atoms with E-state index in [1.54, 1.807) is 4.90 Å². The summed E-state index contributed by atoms with van der Waals surface area (Å²) in [6.07, 6.45) is -1.10. The van der Waals surface area contributed by atoms with Gasteiger partial charge in [-0.15, -0.1) is 0 Å². The maximum Gasteiger partial charge on any atom is 0.416 e. The third-order valence-electron chi connectivity index (χ3n) is 4.32. The maximum atomic E-state index is 12.8. The number of hydrogen-bond acceptors (Lipinski definition) is 2. The highest BCUT2D eigenvalue weighted by Crippen LogP contribution is 2.30. The van der Waals surface area contributed by atoms with Crippen molar-refractivity contribution in [3.05, 3.63) is 35.4 Å². The number of halogens is 3. The van der Waals surface area contributed by atoms with Crippen LogP contribution in [0.4, 0.5) is 13.2 Å². The number of amides is 1. The molecule has 120 valence electrons. The Hall–Kier alpha value is -1.56. The molecule has 1 saturated carbocycles. The smallest absolute Gasteiger partial charge is 0.337 e. The molecule has 22 heavy (non-hydrogen) atoms. The Labute approximate surface area is 127 Å². The maximum absolute atomic E-state index is 12.8. The average molecular weight is 312 g/mol. The van der Waals surface area contributed by atoms with E-state index in [1.807, 2.05) is 0 Å². The molecular formula is C16H19F3N2O. The minimum Gasteiger partial charge on any atom is -0.337 e. The van der Waals surface area contributed by atoms with Crippen LogP contribution >= 0.6 is 0 Å². The van der Waals surface area contributed by atoms with Gasteiger partial charge in [0, 0.05) is 37.8 Å². The summed E-state index contributed by atoms with van der Waals surface area (Å²) < 4.78 is 38.3. The fourth-order valence-corrected chi connectivity index (χ4v) is 2.96. The molecule has 1 amide bonds. The quantitative estimate of drug-likeness (QED) is 0.838. The third-order valence-corrected chi connectivity index (χ3v) is 4.32. The molecule has 1 aliphatic carbocycles. The van der Waals surface area contributed by atoms with Crippen LogP contribution in [0.15, 0.2) is 24.3 Å². The summed E-state index contributed by atoms with van der Waals surface area (Å²) in [5.41, 5.74) is -0.650. The standard InChI is InChI=1S/C16H19F3N2O/c17-16(18,19)13-4-1-3-12(11-13)15(22)21-8-2-7-20(9-10-21)14-5-6-14/h1,3-4,11,14H,2,5-10H2. The first kappa shape index (κ1) is 15.3. The molecule has 1 aliphatic heterocycles. The predicted octanol–water partition coefficient (Wildman–Crippen LogP) is 3.02. The SMILES string of the molecule is O=C(c1cccc(C(F)(F)F)c1)N1CCCN(C2CC2)CC1. The van der Waals surface area contributed by atoms with Crippen LogP contribution in [0.25, 0.3) is 0 Å². The second-order valence-corrected chi connectivity index (χ2v) is 5.99. The van der Waals surface area contributed by atoms with Crippen molar-refractivity contribution >= 4 is 5.91 Å². The van der Waals surface area contributed by atoms with Crippen molar-refractivity contribution in [3.63, 3.8) is 0 Å². The number of carbonyl (C=O) groups is 1. The molecule has 3 nitrogen and oxygen atoms in total. The van der Waals surface area contributed by atoms with Gasteiger partial charge in [-0.2, -0.15) is 13.2 Å². The largest absolute Gasteiger partial charge is 0.416 e. The molecule has 0 atom stereocenters. The molecule has 0 bridgehead atoms. The Kier molecular flexibility index (Phi) is 4.12. The molecule has 1 saturated heterocycles. The lowest BCUT2D eigenvalue weighted by atomic mass is 10.1. The molecule has 1 aromatic carbocycles. The molecular weight excluding hydrogens is 293 g/mol. The van der Waals surface area contributed by atoms with Crippen molar-refractivity contribution in [1.29, 1.82) is 0 Å². The third kappa shape index (κ3) is 3.43. The van der Waals surface area contributed by atoms with Gasteiger partial charge in [0.15, 0.2) is 0 Å². The highest BCUT2D eigenvalue weighted by atomic mass is 19.4. The number of hydrogen-bond donors (Lipinski definition) is 0. The van der Waals surface area contributed by atoms with Gasteiger partial charge in [-0.3, -0.25) is 9.69 Å². The highest BCUT2D eigenvalue weighted by Gasteiger charge is 2.33. The van der Waals surface area contributed by atoms with Crippen LogP contribution in [0.5, 0.6) is 0 Å². The van der Waals surface area contributed by atoms with Crippen LogP contribution in [0.2, 0.25) is 0 Å². The Morgan fingerprint density at radius 2 is 1.86 bits per heavy atom. The monoisotopic (exact) mass is 312 g/mol. The highest BCUT2D eigenvalue weighted by molar-refractivity contribution is 5.94.